The molecule has 3 atom stereocenters. The van der Waals surface area contributed by atoms with Gasteiger partial charge in [-0.2, -0.15) is 0 Å². The maximum absolute atomic E-state index is 10.8. The van der Waals surface area contributed by atoms with E-state index in [0.29, 0.717) is 12.2 Å². The Morgan fingerprint density at radius 2 is 1.81 bits per heavy atom. The molecule has 2 aliphatic carbocycles. The molecule has 2 rings (SSSR count). The van der Waals surface area contributed by atoms with Gasteiger partial charge in [0.05, 0.1) is 18.5 Å². The average molecular weight is 296 g/mol. The quantitative estimate of drug-likeness (QED) is 0.261. The Kier molecular flexibility index (Phi) is 5.50. The number of carbonyl (C=O) groups is 2. The van der Waals surface area contributed by atoms with Crippen LogP contribution in [0, 0.1) is 17.8 Å². The van der Waals surface area contributed by atoms with Crippen molar-refractivity contribution >= 4 is 12.3 Å². The van der Waals surface area contributed by atoms with Gasteiger partial charge in [0.15, 0.2) is 0 Å². The highest BCUT2D eigenvalue weighted by Crippen LogP contribution is 2.49. The number of aliphatic hydroxyl groups excluding tert-OH is 1. The van der Waals surface area contributed by atoms with E-state index in [1.165, 1.54) is 25.7 Å². The molecular weight excluding hydrogens is 272 g/mol. The lowest BCUT2D eigenvalue weighted by atomic mass is 9.96. The molecule has 0 bridgehead atoms. The first kappa shape index (κ1) is 16.1. The third kappa shape index (κ3) is 5.22. The molecule has 0 spiro atoms. The first-order chi connectivity index (χ1) is 10.0. The summed E-state index contributed by atoms with van der Waals surface area (Å²) < 4.78 is 0. The van der Waals surface area contributed by atoms with Crippen LogP contribution in [0.3, 0.4) is 0 Å². The van der Waals surface area contributed by atoms with Crippen molar-refractivity contribution in [3.63, 3.8) is 0 Å². The number of aliphatic hydroxyl groups is 1. The van der Waals surface area contributed by atoms with Gasteiger partial charge < -0.3 is 20.7 Å². The van der Waals surface area contributed by atoms with E-state index in [1.54, 1.807) is 6.08 Å². The maximum Gasteiger partial charge on any atom is 0.305 e. The minimum Gasteiger partial charge on any atom is -0.481 e. The first-order valence-electron chi connectivity index (χ1n) is 7.56. The number of carbonyl (C=O) groups excluding carboxylic acids is 1. The third-order valence-electron chi connectivity index (χ3n) is 4.20. The molecule has 118 valence electrons. The number of carboxylic acid groups (broad SMARTS) is 1. The summed E-state index contributed by atoms with van der Waals surface area (Å²) in [5, 5.41) is 21.1. The van der Waals surface area contributed by atoms with Crippen molar-refractivity contribution in [2.75, 3.05) is 0 Å². The number of allylic oxidation sites excluding steroid dienone is 1. The van der Waals surface area contributed by atoms with E-state index >= 15 is 0 Å². The number of aliphatic carboxylic acids is 1. The van der Waals surface area contributed by atoms with Crippen LogP contribution in [0.2, 0.25) is 0 Å². The Balaban J connectivity index is 1.81. The number of rotatable bonds is 10. The molecule has 5 N–H and O–H groups in total. The van der Waals surface area contributed by atoms with Crippen molar-refractivity contribution in [2.24, 2.45) is 23.5 Å². The molecule has 2 unspecified atom stereocenters. The SMILES string of the molecule is NC(C=CC(C1CC1)C1CC1)C(O)N[C@@H](C=O)CC(=O)O. The monoisotopic (exact) mass is 296 g/mol. The number of carboxylic acids is 1. The van der Waals surface area contributed by atoms with Crippen LogP contribution in [0.5, 0.6) is 0 Å². The number of nitrogens with one attached hydrogen (secondary N) is 1. The van der Waals surface area contributed by atoms with E-state index in [4.69, 9.17) is 10.8 Å². The van der Waals surface area contributed by atoms with E-state index in [1.807, 2.05) is 0 Å². The highest BCUT2D eigenvalue weighted by molar-refractivity contribution is 5.73. The lowest BCUT2D eigenvalue weighted by molar-refractivity contribution is -0.138. The molecule has 0 radical (unpaired) electrons. The molecule has 0 saturated heterocycles. The Morgan fingerprint density at radius 1 is 1.24 bits per heavy atom. The van der Waals surface area contributed by atoms with Gasteiger partial charge in [0.2, 0.25) is 0 Å². The number of aldehydes is 1. The first-order valence-corrected chi connectivity index (χ1v) is 7.56. The molecule has 2 fully saturated rings. The van der Waals surface area contributed by atoms with Crippen LogP contribution in [0.4, 0.5) is 0 Å². The van der Waals surface area contributed by atoms with Crippen LogP contribution in [0.15, 0.2) is 12.2 Å². The van der Waals surface area contributed by atoms with Gasteiger partial charge in [-0.25, -0.2) is 0 Å². The summed E-state index contributed by atoms with van der Waals surface area (Å²) in [7, 11) is 0. The summed E-state index contributed by atoms with van der Waals surface area (Å²) in [5.41, 5.74) is 5.88. The van der Waals surface area contributed by atoms with Gasteiger partial charge >= 0.3 is 5.97 Å². The van der Waals surface area contributed by atoms with Crippen molar-refractivity contribution in [3.05, 3.63) is 12.2 Å². The van der Waals surface area contributed by atoms with Gasteiger partial charge in [-0.3, -0.25) is 10.1 Å². The number of nitrogens with two attached hydrogens (primary N) is 1. The average Bonchev–Trinajstić information content (AvgIpc) is 3.29. The minimum atomic E-state index is -1.13. The normalized spacial score (nSPS) is 23.2. The van der Waals surface area contributed by atoms with Crippen LogP contribution in [0.25, 0.3) is 0 Å². The fourth-order valence-corrected chi connectivity index (χ4v) is 2.69. The summed E-state index contributed by atoms with van der Waals surface area (Å²) in [4.78, 5) is 21.3. The van der Waals surface area contributed by atoms with Crippen LogP contribution in [-0.2, 0) is 9.59 Å². The van der Waals surface area contributed by atoms with E-state index < -0.39 is 24.3 Å². The van der Waals surface area contributed by atoms with Gasteiger partial charge in [-0.1, -0.05) is 12.2 Å². The van der Waals surface area contributed by atoms with Crippen molar-refractivity contribution in [1.29, 1.82) is 0 Å². The third-order valence-corrected chi connectivity index (χ3v) is 4.20. The Bertz CT molecular complexity index is 392. The van der Waals surface area contributed by atoms with Gasteiger partial charge in [0.1, 0.15) is 12.5 Å². The van der Waals surface area contributed by atoms with Crippen molar-refractivity contribution in [2.45, 2.75) is 50.4 Å². The predicted molar refractivity (Wildman–Crippen MR) is 77.3 cm³/mol. The second-order valence-corrected chi connectivity index (χ2v) is 6.17. The summed E-state index contributed by atoms with van der Waals surface area (Å²) >= 11 is 0. The topological polar surface area (TPSA) is 113 Å². The summed E-state index contributed by atoms with van der Waals surface area (Å²) in [6, 6.07) is -1.58. The van der Waals surface area contributed by atoms with Crippen LogP contribution in [-0.4, -0.2) is 40.8 Å². The van der Waals surface area contributed by atoms with Gasteiger partial charge in [0.25, 0.3) is 0 Å². The molecule has 0 aromatic rings. The van der Waals surface area contributed by atoms with E-state index in [2.05, 4.69) is 11.4 Å². The zero-order chi connectivity index (χ0) is 15.4. The van der Waals surface area contributed by atoms with E-state index in [-0.39, 0.29) is 6.42 Å². The van der Waals surface area contributed by atoms with Crippen molar-refractivity contribution < 1.29 is 19.8 Å². The molecule has 2 aliphatic rings. The smallest absolute Gasteiger partial charge is 0.305 e. The maximum atomic E-state index is 10.8. The Labute approximate surface area is 124 Å². The molecule has 6 nitrogen and oxygen atoms in total. The molecule has 0 aromatic heterocycles. The second kappa shape index (κ2) is 7.15. The Morgan fingerprint density at radius 3 is 2.24 bits per heavy atom. The molecule has 2 saturated carbocycles. The molecule has 6 heteroatoms. The fraction of sp³-hybridized carbons (Fsp3) is 0.733. The highest BCUT2D eigenvalue weighted by atomic mass is 16.4. The number of hydrogen-bond acceptors (Lipinski definition) is 5. The molecule has 0 aliphatic heterocycles. The largest absolute Gasteiger partial charge is 0.481 e. The highest BCUT2D eigenvalue weighted by Gasteiger charge is 2.39. The standard InChI is InChI=1S/C15H24N2O4/c16-13(15(21)17-11(8-18)7-14(19)20)6-5-12(9-1-2-9)10-3-4-10/h5-6,8-13,15,17,21H,1-4,7,16H2,(H,19,20)/t11-,13?,15?/m1/s1. The van der Waals surface area contributed by atoms with Gasteiger partial charge in [0, 0.05) is 0 Å². The van der Waals surface area contributed by atoms with Crippen molar-refractivity contribution in [1.82, 2.24) is 5.32 Å². The molecule has 0 amide bonds. The zero-order valence-corrected chi connectivity index (χ0v) is 12.0. The lowest BCUT2D eigenvalue weighted by Gasteiger charge is -2.21. The summed E-state index contributed by atoms with van der Waals surface area (Å²) in [6.07, 6.45) is 7.94. The van der Waals surface area contributed by atoms with E-state index in [9.17, 15) is 14.7 Å². The zero-order valence-electron chi connectivity index (χ0n) is 12.0. The van der Waals surface area contributed by atoms with Crippen LogP contribution in [0.1, 0.15) is 32.1 Å². The molecule has 0 heterocycles. The Hall–Kier alpha value is -1.24. The van der Waals surface area contributed by atoms with Crippen molar-refractivity contribution in [3.8, 4) is 0 Å². The van der Waals surface area contributed by atoms with E-state index in [0.717, 1.165) is 11.8 Å². The summed E-state index contributed by atoms with van der Waals surface area (Å²) in [5.74, 6) is 0.990. The minimum absolute atomic E-state index is 0.371. The summed E-state index contributed by atoms with van der Waals surface area (Å²) in [6.45, 7) is 0. The van der Waals surface area contributed by atoms with Crippen LogP contribution >= 0.6 is 0 Å². The molecular formula is C15H24N2O4. The van der Waals surface area contributed by atoms with Gasteiger partial charge in [-0.15, -0.1) is 0 Å². The number of hydrogen-bond donors (Lipinski definition) is 4. The van der Waals surface area contributed by atoms with Gasteiger partial charge in [-0.05, 0) is 43.4 Å². The lowest BCUT2D eigenvalue weighted by Crippen LogP contribution is -2.49. The molecule has 21 heavy (non-hydrogen) atoms. The fourth-order valence-electron chi connectivity index (χ4n) is 2.69. The predicted octanol–water partition coefficient (Wildman–Crippen LogP) is 0.256. The molecule has 0 aromatic carbocycles. The second-order valence-electron chi connectivity index (χ2n) is 6.17. The van der Waals surface area contributed by atoms with Crippen LogP contribution < -0.4 is 11.1 Å².